The zero-order valence-corrected chi connectivity index (χ0v) is 23.6. The van der Waals surface area contributed by atoms with Gasteiger partial charge in [0.05, 0.1) is 0 Å². The zero-order chi connectivity index (χ0) is 30.0. The molecule has 3 aromatic carbocycles. The van der Waals surface area contributed by atoms with Crippen molar-refractivity contribution >= 4 is 23.3 Å². The van der Waals surface area contributed by atoms with Crippen LogP contribution in [0.25, 0.3) is 0 Å². The topological polar surface area (TPSA) is 142 Å². The highest BCUT2D eigenvalue weighted by atomic mass is 16.3. The second-order valence-electron chi connectivity index (χ2n) is 10.8. The molecule has 0 fully saturated rings. The van der Waals surface area contributed by atoms with Crippen molar-refractivity contribution in [2.24, 2.45) is 5.73 Å². The molecule has 2 atom stereocenters. The Morgan fingerprint density at radius 3 is 1.95 bits per heavy atom. The lowest BCUT2D eigenvalue weighted by Crippen LogP contribution is -2.53. The van der Waals surface area contributed by atoms with Gasteiger partial charge < -0.3 is 26.6 Å². The van der Waals surface area contributed by atoms with E-state index in [1.54, 1.807) is 24.3 Å². The molecule has 0 spiro atoms. The predicted molar refractivity (Wildman–Crippen MR) is 159 cm³/mol. The van der Waals surface area contributed by atoms with E-state index in [-0.39, 0.29) is 16.9 Å². The van der Waals surface area contributed by atoms with Crippen LogP contribution in [0.15, 0.2) is 72.8 Å². The van der Waals surface area contributed by atoms with Crippen molar-refractivity contribution < 1.29 is 24.6 Å². The summed E-state index contributed by atoms with van der Waals surface area (Å²) in [5.74, 6) is 4.61. The molecule has 0 bridgehead atoms. The van der Waals surface area contributed by atoms with E-state index in [0.29, 0.717) is 17.7 Å². The van der Waals surface area contributed by atoms with Gasteiger partial charge in [-0.1, -0.05) is 56.9 Å². The van der Waals surface area contributed by atoms with Crippen LogP contribution >= 0.6 is 0 Å². The maximum atomic E-state index is 12.4. The van der Waals surface area contributed by atoms with E-state index >= 15 is 0 Å². The monoisotopic (exact) mass is 555 g/mol. The molecule has 0 aromatic heterocycles. The summed E-state index contributed by atoms with van der Waals surface area (Å²) in [7, 11) is 0. The lowest BCUT2D eigenvalue weighted by Gasteiger charge is -2.19. The van der Waals surface area contributed by atoms with Gasteiger partial charge in [-0.3, -0.25) is 14.4 Å². The number of benzene rings is 3. The van der Waals surface area contributed by atoms with Crippen LogP contribution in [0.1, 0.15) is 66.2 Å². The number of hydrogen-bond donors (Lipinski definition) is 5. The molecule has 41 heavy (non-hydrogen) atoms. The van der Waals surface area contributed by atoms with Gasteiger partial charge >= 0.3 is 0 Å². The third-order valence-electron chi connectivity index (χ3n) is 6.49. The van der Waals surface area contributed by atoms with Gasteiger partial charge in [0.2, 0.25) is 5.91 Å². The first kappa shape index (κ1) is 31.2. The average Bonchev–Trinajstić information content (AvgIpc) is 2.95. The third kappa shape index (κ3) is 9.69. The molecule has 3 rings (SSSR count). The molecular formula is C33H37N3O5. The lowest BCUT2D eigenvalue weighted by atomic mass is 9.86. The van der Waals surface area contributed by atoms with Crippen LogP contribution in [-0.2, 0) is 21.4 Å². The molecule has 8 heteroatoms. The van der Waals surface area contributed by atoms with Crippen molar-refractivity contribution in [2.75, 3.05) is 11.9 Å². The number of aliphatic hydroxyl groups is 2. The molecule has 0 aliphatic heterocycles. The highest BCUT2D eigenvalue weighted by Gasteiger charge is 2.25. The summed E-state index contributed by atoms with van der Waals surface area (Å²) in [5, 5.41) is 23.7. The van der Waals surface area contributed by atoms with Crippen LogP contribution in [0.4, 0.5) is 5.69 Å². The normalized spacial score (nSPS) is 12.4. The number of carbonyl (C=O) groups excluding carboxylic acids is 3. The average molecular weight is 556 g/mol. The van der Waals surface area contributed by atoms with Crippen LogP contribution < -0.4 is 16.4 Å². The molecule has 8 nitrogen and oxygen atoms in total. The number of ketones is 1. The van der Waals surface area contributed by atoms with Crippen molar-refractivity contribution in [2.45, 2.75) is 57.7 Å². The van der Waals surface area contributed by atoms with Gasteiger partial charge in [0.1, 0.15) is 18.9 Å². The molecule has 0 heterocycles. The predicted octanol–water partition coefficient (Wildman–Crippen LogP) is 3.28. The van der Waals surface area contributed by atoms with Crippen LogP contribution in [0.3, 0.4) is 0 Å². The largest absolute Gasteiger partial charge is 0.388 e. The number of nitrogens with two attached hydrogens (primary N) is 1. The van der Waals surface area contributed by atoms with E-state index in [9.17, 15) is 19.5 Å². The van der Waals surface area contributed by atoms with Crippen LogP contribution in [-0.4, -0.2) is 46.7 Å². The number of rotatable bonds is 10. The first-order valence-corrected chi connectivity index (χ1v) is 13.5. The third-order valence-corrected chi connectivity index (χ3v) is 6.49. The number of Topliss-reactive ketones (excluding diaryl/α,β-unsaturated/α-hetero) is 1. The summed E-state index contributed by atoms with van der Waals surface area (Å²) in [4.78, 5) is 36.4. The zero-order valence-electron chi connectivity index (χ0n) is 23.6. The van der Waals surface area contributed by atoms with Crippen molar-refractivity contribution in [3.63, 3.8) is 0 Å². The standard InChI is InChI=1S/C33H37N3O5/c1-33(2,3)26-17-11-22(12-18-26)5-4-6-29(39)35-27-19-13-24(14-20-27)8-7-23-9-15-25(16-10-23)32(41)36-30(31(34)40)28(38)21-37/h9-20,30-31,37,40H,4-6,21,34H2,1-3H3,(H,35,39)(H,36,41)/t30-,31+/m1/s1. The van der Waals surface area contributed by atoms with Crippen molar-refractivity contribution in [1.82, 2.24) is 5.32 Å². The van der Waals surface area contributed by atoms with Crippen LogP contribution in [0.2, 0.25) is 0 Å². The van der Waals surface area contributed by atoms with Gasteiger partial charge in [0.25, 0.3) is 5.91 Å². The molecule has 6 N–H and O–H groups in total. The SMILES string of the molecule is CC(C)(C)c1ccc(CCCC(=O)Nc2ccc(C#Cc3ccc(C(=O)N[C@H](C(=O)CO)[C@@H](N)O)cc3)cc2)cc1. The first-order valence-electron chi connectivity index (χ1n) is 13.5. The maximum absolute atomic E-state index is 12.4. The number of aryl methyl sites for hydroxylation is 1. The van der Waals surface area contributed by atoms with E-state index in [2.05, 4.69) is 67.5 Å². The Morgan fingerprint density at radius 2 is 1.44 bits per heavy atom. The summed E-state index contributed by atoms with van der Waals surface area (Å²) >= 11 is 0. The van der Waals surface area contributed by atoms with E-state index in [0.717, 1.165) is 18.4 Å². The number of hydrogen-bond acceptors (Lipinski definition) is 6. The van der Waals surface area contributed by atoms with E-state index in [1.165, 1.54) is 23.3 Å². The fourth-order valence-electron chi connectivity index (χ4n) is 4.01. The Hall–Kier alpha value is -4.29. The molecule has 0 saturated carbocycles. The fraction of sp³-hybridized carbons (Fsp3) is 0.303. The Kier molecular flexibility index (Phi) is 11.0. The minimum absolute atomic E-state index is 0.0349. The Morgan fingerprint density at radius 1 is 0.878 bits per heavy atom. The minimum atomic E-state index is -1.63. The fourth-order valence-corrected chi connectivity index (χ4v) is 4.01. The summed E-state index contributed by atoms with van der Waals surface area (Å²) < 4.78 is 0. The summed E-state index contributed by atoms with van der Waals surface area (Å²) in [5.41, 5.74) is 10.3. The number of amides is 2. The molecule has 0 saturated heterocycles. The molecular weight excluding hydrogens is 518 g/mol. The van der Waals surface area contributed by atoms with Crippen molar-refractivity contribution in [1.29, 1.82) is 0 Å². The number of anilines is 1. The second-order valence-corrected chi connectivity index (χ2v) is 10.8. The van der Waals surface area contributed by atoms with E-state index < -0.39 is 30.6 Å². The molecule has 214 valence electrons. The van der Waals surface area contributed by atoms with E-state index in [4.69, 9.17) is 10.8 Å². The van der Waals surface area contributed by atoms with Crippen LogP contribution in [0, 0.1) is 11.8 Å². The Bertz CT molecular complexity index is 1390. The molecule has 2 amide bonds. The lowest BCUT2D eigenvalue weighted by molar-refractivity contribution is -0.126. The highest BCUT2D eigenvalue weighted by Crippen LogP contribution is 2.22. The minimum Gasteiger partial charge on any atom is -0.388 e. The molecule has 0 radical (unpaired) electrons. The quantitative estimate of drug-likeness (QED) is 0.192. The maximum Gasteiger partial charge on any atom is 0.251 e. The molecule has 0 unspecified atom stereocenters. The Labute approximate surface area is 241 Å². The number of carbonyl (C=O) groups is 3. The summed E-state index contributed by atoms with van der Waals surface area (Å²) in [6, 6.07) is 20.8. The van der Waals surface area contributed by atoms with Gasteiger partial charge in [-0.15, -0.1) is 0 Å². The smallest absolute Gasteiger partial charge is 0.251 e. The van der Waals surface area contributed by atoms with Crippen molar-refractivity contribution in [3.05, 3.63) is 101 Å². The molecule has 3 aromatic rings. The Balaban J connectivity index is 1.48. The highest BCUT2D eigenvalue weighted by molar-refractivity contribution is 5.98. The first-order chi connectivity index (χ1) is 19.5. The molecule has 0 aliphatic carbocycles. The van der Waals surface area contributed by atoms with E-state index in [1.807, 2.05) is 12.1 Å². The van der Waals surface area contributed by atoms with Gasteiger partial charge in [0.15, 0.2) is 5.78 Å². The van der Waals surface area contributed by atoms with Crippen molar-refractivity contribution in [3.8, 4) is 11.8 Å². The van der Waals surface area contributed by atoms with Gasteiger partial charge in [-0.2, -0.15) is 0 Å². The van der Waals surface area contributed by atoms with Crippen LogP contribution in [0.5, 0.6) is 0 Å². The molecule has 0 aliphatic rings. The number of nitrogens with one attached hydrogen (secondary N) is 2. The number of aliphatic hydroxyl groups excluding tert-OH is 2. The van der Waals surface area contributed by atoms with Gasteiger partial charge in [-0.25, -0.2) is 0 Å². The van der Waals surface area contributed by atoms with Gasteiger partial charge in [0, 0.05) is 28.8 Å². The summed E-state index contributed by atoms with van der Waals surface area (Å²) in [6.45, 7) is 5.72. The summed E-state index contributed by atoms with van der Waals surface area (Å²) in [6.07, 6.45) is 0.409. The second kappa shape index (κ2) is 14.4. The van der Waals surface area contributed by atoms with Gasteiger partial charge in [-0.05, 0) is 77.9 Å².